The zero-order valence-electron chi connectivity index (χ0n) is 10.4. The van der Waals surface area contributed by atoms with Gasteiger partial charge in [-0.2, -0.15) is 17.0 Å². The molecule has 0 saturated carbocycles. The van der Waals surface area contributed by atoms with Crippen LogP contribution in [0.5, 0.6) is 0 Å². The average molecular weight is 262 g/mol. The van der Waals surface area contributed by atoms with Crippen molar-refractivity contribution < 1.29 is 13.5 Å². The van der Waals surface area contributed by atoms with Gasteiger partial charge in [0.05, 0.1) is 6.61 Å². The van der Waals surface area contributed by atoms with E-state index in [-0.39, 0.29) is 19.7 Å². The van der Waals surface area contributed by atoms with E-state index in [4.69, 9.17) is 5.11 Å². The highest BCUT2D eigenvalue weighted by Gasteiger charge is 2.30. The minimum Gasteiger partial charge on any atom is -0.395 e. The fourth-order valence-corrected chi connectivity index (χ4v) is 3.54. The van der Waals surface area contributed by atoms with Crippen molar-refractivity contribution in [2.75, 3.05) is 32.8 Å². The van der Waals surface area contributed by atoms with Crippen LogP contribution in [0.2, 0.25) is 0 Å². The molecule has 6 heteroatoms. The van der Waals surface area contributed by atoms with Crippen LogP contribution in [0.3, 0.4) is 0 Å². The zero-order chi connectivity index (χ0) is 12.9. The molecule has 1 aliphatic rings. The molecule has 100 valence electrons. The van der Waals surface area contributed by atoms with Crippen LogP contribution in [0.25, 0.3) is 0 Å². The molecular weight excluding hydrogens is 240 g/mol. The Hall–Kier alpha value is -0.430. The molecule has 0 atom stereocenters. The Morgan fingerprint density at radius 1 is 1.47 bits per heavy atom. The molecule has 1 fully saturated rings. The maximum Gasteiger partial charge on any atom is 0.282 e. The van der Waals surface area contributed by atoms with Crippen LogP contribution in [0.15, 0.2) is 12.7 Å². The fourth-order valence-electron chi connectivity index (χ4n) is 1.94. The van der Waals surface area contributed by atoms with Gasteiger partial charge in [-0.15, -0.1) is 6.58 Å². The van der Waals surface area contributed by atoms with Gasteiger partial charge in [-0.1, -0.05) is 13.0 Å². The second kappa shape index (κ2) is 6.49. The summed E-state index contributed by atoms with van der Waals surface area (Å²) in [5.74, 6) is 0.590. The maximum absolute atomic E-state index is 12.3. The lowest BCUT2D eigenvalue weighted by atomic mass is 10.0. The summed E-state index contributed by atoms with van der Waals surface area (Å²) >= 11 is 0. The normalized spacial score (nSPS) is 19.7. The summed E-state index contributed by atoms with van der Waals surface area (Å²) in [5, 5.41) is 8.91. The van der Waals surface area contributed by atoms with Crippen molar-refractivity contribution in [1.29, 1.82) is 0 Å². The number of aliphatic hydroxyl groups excluding tert-OH is 1. The first-order chi connectivity index (χ1) is 8.02. The molecule has 0 radical (unpaired) electrons. The Labute approximate surface area is 104 Å². The number of piperidine rings is 1. The van der Waals surface area contributed by atoms with Crippen LogP contribution in [0, 0.1) is 5.92 Å². The SMILES string of the molecule is C=CCN(CCO)S(=O)(=O)N1CCC(C)CC1. The molecule has 0 aromatic carbocycles. The predicted octanol–water partition coefficient (Wildman–Crippen LogP) is 0.443. The highest BCUT2D eigenvalue weighted by atomic mass is 32.2. The number of rotatable bonds is 6. The Balaban J connectivity index is 2.73. The first-order valence-electron chi connectivity index (χ1n) is 5.99. The fraction of sp³-hybridized carbons (Fsp3) is 0.818. The number of aliphatic hydroxyl groups is 1. The van der Waals surface area contributed by atoms with Gasteiger partial charge >= 0.3 is 0 Å². The van der Waals surface area contributed by atoms with Gasteiger partial charge in [0, 0.05) is 26.2 Å². The van der Waals surface area contributed by atoms with Crippen molar-refractivity contribution in [1.82, 2.24) is 8.61 Å². The Bertz CT molecular complexity index is 335. The van der Waals surface area contributed by atoms with E-state index in [1.807, 2.05) is 0 Å². The first-order valence-corrected chi connectivity index (χ1v) is 7.39. The predicted molar refractivity (Wildman–Crippen MR) is 67.7 cm³/mol. The van der Waals surface area contributed by atoms with E-state index >= 15 is 0 Å². The van der Waals surface area contributed by atoms with Gasteiger partial charge in [0.2, 0.25) is 0 Å². The molecule has 0 unspecified atom stereocenters. The molecule has 1 rings (SSSR count). The second-order valence-corrected chi connectivity index (χ2v) is 6.39. The minimum absolute atomic E-state index is 0.125. The van der Waals surface area contributed by atoms with Crippen LogP contribution in [-0.2, 0) is 10.2 Å². The van der Waals surface area contributed by atoms with Crippen LogP contribution in [0.4, 0.5) is 0 Å². The Morgan fingerprint density at radius 3 is 2.53 bits per heavy atom. The van der Waals surface area contributed by atoms with Gasteiger partial charge in [0.1, 0.15) is 0 Å². The lowest BCUT2D eigenvalue weighted by Crippen LogP contribution is -2.47. The third-order valence-electron chi connectivity index (χ3n) is 3.08. The maximum atomic E-state index is 12.3. The second-order valence-electron chi connectivity index (χ2n) is 4.46. The van der Waals surface area contributed by atoms with Gasteiger partial charge in [0.15, 0.2) is 0 Å². The summed E-state index contributed by atoms with van der Waals surface area (Å²) < 4.78 is 27.3. The van der Waals surface area contributed by atoms with Gasteiger partial charge in [-0.25, -0.2) is 0 Å². The molecule has 0 aromatic heterocycles. The topological polar surface area (TPSA) is 60.9 Å². The van der Waals surface area contributed by atoms with Crippen LogP contribution in [-0.4, -0.2) is 54.9 Å². The van der Waals surface area contributed by atoms with Crippen molar-refractivity contribution in [2.45, 2.75) is 19.8 Å². The molecule has 1 heterocycles. The van der Waals surface area contributed by atoms with Crippen molar-refractivity contribution in [3.63, 3.8) is 0 Å². The van der Waals surface area contributed by atoms with E-state index in [0.717, 1.165) is 12.8 Å². The van der Waals surface area contributed by atoms with Gasteiger partial charge in [-0.3, -0.25) is 0 Å². The third-order valence-corrected chi connectivity index (χ3v) is 5.08. The summed E-state index contributed by atoms with van der Waals surface area (Å²) in [6, 6.07) is 0. The zero-order valence-corrected chi connectivity index (χ0v) is 11.2. The summed E-state index contributed by atoms with van der Waals surface area (Å²) in [7, 11) is -3.44. The lowest BCUT2D eigenvalue weighted by Gasteiger charge is -2.33. The van der Waals surface area contributed by atoms with E-state index in [0.29, 0.717) is 19.0 Å². The first kappa shape index (κ1) is 14.6. The molecule has 0 bridgehead atoms. The lowest BCUT2D eigenvalue weighted by molar-refractivity contribution is 0.236. The average Bonchev–Trinajstić information content (AvgIpc) is 2.29. The number of nitrogens with zero attached hydrogens (tertiary/aromatic N) is 2. The molecule has 1 saturated heterocycles. The van der Waals surface area contributed by atoms with Crippen molar-refractivity contribution in [3.05, 3.63) is 12.7 Å². The molecule has 17 heavy (non-hydrogen) atoms. The van der Waals surface area contributed by atoms with Crippen molar-refractivity contribution in [2.24, 2.45) is 5.92 Å². The third kappa shape index (κ3) is 3.77. The quantitative estimate of drug-likeness (QED) is 0.707. The molecule has 0 amide bonds. The molecule has 1 N–H and O–H groups in total. The smallest absolute Gasteiger partial charge is 0.282 e. The summed E-state index contributed by atoms with van der Waals surface area (Å²) in [4.78, 5) is 0. The molecule has 0 spiro atoms. The largest absolute Gasteiger partial charge is 0.395 e. The molecule has 1 aliphatic heterocycles. The van der Waals surface area contributed by atoms with E-state index in [9.17, 15) is 8.42 Å². The highest BCUT2D eigenvalue weighted by molar-refractivity contribution is 7.86. The van der Waals surface area contributed by atoms with Gasteiger partial charge in [-0.05, 0) is 18.8 Å². The molecule has 0 aliphatic carbocycles. The van der Waals surface area contributed by atoms with E-state index in [1.165, 1.54) is 8.61 Å². The number of hydrogen-bond donors (Lipinski definition) is 1. The molecular formula is C11H22N2O3S. The molecule has 5 nitrogen and oxygen atoms in total. The van der Waals surface area contributed by atoms with Gasteiger partial charge in [0.25, 0.3) is 10.2 Å². The van der Waals surface area contributed by atoms with Crippen LogP contribution in [0.1, 0.15) is 19.8 Å². The van der Waals surface area contributed by atoms with Crippen LogP contribution < -0.4 is 0 Å². The van der Waals surface area contributed by atoms with Crippen molar-refractivity contribution >= 4 is 10.2 Å². The molecule has 0 aromatic rings. The minimum atomic E-state index is -3.44. The van der Waals surface area contributed by atoms with E-state index in [1.54, 1.807) is 6.08 Å². The summed E-state index contributed by atoms with van der Waals surface area (Å²) in [6.07, 6.45) is 3.35. The van der Waals surface area contributed by atoms with E-state index in [2.05, 4.69) is 13.5 Å². The Kier molecular flexibility index (Phi) is 5.58. The highest BCUT2D eigenvalue weighted by Crippen LogP contribution is 2.20. The standard InChI is InChI=1S/C11H22N2O3S/c1-3-6-12(9-10-14)17(15,16)13-7-4-11(2)5-8-13/h3,11,14H,1,4-10H2,2H3. The summed E-state index contributed by atoms with van der Waals surface area (Å²) in [5.41, 5.74) is 0. The number of hydrogen-bond acceptors (Lipinski definition) is 3. The van der Waals surface area contributed by atoms with Crippen LogP contribution >= 0.6 is 0 Å². The Morgan fingerprint density at radius 2 is 2.06 bits per heavy atom. The van der Waals surface area contributed by atoms with Crippen molar-refractivity contribution in [3.8, 4) is 0 Å². The van der Waals surface area contributed by atoms with Gasteiger partial charge < -0.3 is 5.11 Å². The summed E-state index contributed by atoms with van der Waals surface area (Å²) in [6.45, 7) is 7.03. The van der Waals surface area contributed by atoms with E-state index < -0.39 is 10.2 Å². The monoisotopic (exact) mass is 262 g/mol.